The van der Waals surface area contributed by atoms with E-state index in [1.165, 1.54) is 22.0 Å². The zero-order chi connectivity index (χ0) is 17.9. The number of aryl methyl sites for hydroxylation is 4. The quantitative estimate of drug-likeness (QED) is 0.620. The molecule has 130 valence electrons. The van der Waals surface area contributed by atoms with Gasteiger partial charge in [0.05, 0.1) is 5.25 Å². The number of hydrogen-bond donors (Lipinski definition) is 2. The summed E-state index contributed by atoms with van der Waals surface area (Å²) < 4.78 is 1.47. The van der Waals surface area contributed by atoms with Crippen molar-refractivity contribution in [3.05, 3.63) is 34.6 Å². The van der Waals surface area contributed by atoms with Crippen LogP contribution in [-0.2, 0) is 11.2 Å². The Morgan fingerprint density at radius 2 is 1.92 bits per heavy atom. The highest BCUT2D eigenvalue weighted by atomic mass is 32.2. The van der Waals surface area contributed by atoms with Crippen LogP contribution >= 0.6 is 11.8 Å². The molecule has 0 saturated carbocycles. The van der Waals surface area contributed by atoms with Gasteiger partial charge in [-0.25, -0.2) is 4.68 Å². The van der Waals surface area contributed by atoms with Gasteiger partial charge in [0.25, 0.3) is 0 Å². The first-order valence-electron chi connectivity index (χ1n) is 8.08. The predicted molar refractivity (Wildman–Crippen MR) is 98.8 cm³/mol. The van der Waals surface area contributed by atoms with Crippen molar-refractivity contribution < 1.29 is 4.79 Å². The Kier molecular flexibility index (Phi) is 5.88. The molecule has 3 N–H and O–H groups in total. The van der Waals surface area contributed by atoms with Gasteiger partial charge in [-0.3, -0.25) is 4.79 Å². The molecule has 1 aromatic carbocycles. The summed E-state index contributed by atoms with van der Waals surface area (Å²) in [5.41, 5.74) is 4.18. The van der Waals surface area contributed by atoms with Crippen LogP contribution in [0.5, 0.6) is 0 Å². The normalized spacial score (nSPS) is 12.2. The molecule has 0 aliphatic rings. The Morgan fingerprint density at radius 1 is 1.29 bits per heavy atom. The van der Waals surface area contributed by atoms with E-state index in [0.29, 0.717) is 5.16 Å². The fraction of sp³-hybridized carbons (Fsp3) is 0.471. The number of thioether (sulfide) groups is 1. The third kappa shape index (κ3) is 4.08. The van der Waals surface area contributed by atoms with Gasteiger partial charge in [-0.05, 0) is 45.2 Å². The van der Waals surface area contributed by atoms with Crippen molar-refractivity contribution in [2.45, 2.75) is 57.9 Å². The van der Waals surface area contributed by atoms with Crippen molar-refractivity contribution in [2.24, 2.45) is 0 Å². The standard InChI is InChI=1S/C17H25N5OS/c1-6-7-14-20-21-17(22(14)18)24-13(5)16(23)19-15-11(3)8-10(2)9-12(15)4/h8-9,13H,6-7,18H2,1-5H3,(H,19,23)/t13-/m1/s1. The molecule has 0 aliphatic carbocycles. The molecule has 0 unspecified atom stereocenters. The molecular formula is C17H25N5OS. The van der Waals surface area contributed by atoms with Crippen molar-refractivity contribution >= 4 is 23.4 Å². The maximum Gasteiger partial charge on any atom is 0.237 e. The number of benzene rings is 1. The first-order chi connectivity index (χ1) is 11.3. The first kappa shape index (κ1) is 18.3. The summed E-state index contributed by atoms with van der Waals surface area (Å²) in [4.78, 5) is 12.5. The van der Waals surface area contributed by atoms with Gasteiger partial charge in [-0.2, -0.15) is 0 Å². The van der Waals surface area contributed by atoms with E-state index in [0.717, 1.165) is 35.5 Å². The average molecular weight is 347 g/mol. The molecule has 1 heterocycles. The zero-order valence-electron chi connectivity index (χ0n) is 14.9. The Morgan fingerprint density at radius 3 is 2.50 bits per heavy atom. The maximum absolute atomic E-state index is 12.5. The number of nitrogens with one attached hydrogen (secondary N) is 1. The smallest absolute Gasteiger partial charge is 0.237 e. The lowest BCUT2D eigenvalue weighted by molar-refractivity contribution is -0.115. The minimum atomic E-state index is -0.328. The van der Waals surface area contributed by atoms with E-state index in [2.05, 4.69) is 34.6 Å². The van der Waals surface area contributed by atoms with Crippen LogP contribution in [0.15, 0.2) is 17.3 Å². The molecule has 2 aromatic rings. The largest absolute Gasteiger partial charge is 0.336 e. The minimum absolute atomic E-state index is 0.0740. The Hall–Kier alpha value is -2.02. The number of amides is 1. The third-order valence-electron chi connectivity index (χ3n) is 3.79. The minimum Gasteiger partial charge on any atom is -0.336 e. The average Bonchev–Trinajstić information content (AvgIpc) is 2.84. The fourth-order valence-corrected chi connectivity index (χ4v) is 3.38. The highest BCUT2D eigenvalue weighted by Gasteiger charge is 2.20. The molecule has 0 spiro atoms. The van der Waals surface area contributed by atoms with Crippen LogP contribution in [-0.4, -0.2) is 26.0 Å². The maximum atomic E-state index is 12.5. The number of nitrogens with zero attached hydrogens (tertiary/aromatic N) is 3. The van der Waals surface area contributed by atoms with Gasteiger partial charge >= 0.3 is 0 Å². The van der Waals surface area contributed by atoms with Gasteiger partial charge in [-0.1, -0.05) is 36.4 Å². The summed E-state index contributed by atoms with van der Waals surface area (Å²) in [7, 11) is 0. The molecule has 1 amide bonds. The van der Waals surface area contributed by atoms with E-state index < -0.39 is 0 Å². The second kappa shape index (κ2) is 7.70. The molecule has 0 radical (unpaired) electrons. The van der Waals surface area contributed by atoms with Crippen LogP contribution in [0, 0.1) is 20.8 Å². The lowest BCUT2D eigenvalue weighted by atomic mass is 10.1. The van der Waals surface area contributed by atoms with E-state index in [-0.39, 0.29) is 11.2 Å². The monoisotopic (exact) mass is 347 g/mol. The van der Waals surface area contributed by atoms with Gasteiger partial charge < -0.3 is 11.2 Å². The lowest BCUT2D eigenvalue weighted by Gasteiger charge is -2.16. The fourth-order valence-electron chi connectivity index (χ4n) is 2.60. The first-order valence-corrected chi connectivity index (χ1v) is 8.96. The van der Waals surface area contributed by atoms with Gasteiger partial charge in [0, 0.05) is 12.1 Å². The van der Waals surface area contributed by atoms with Gasteiger partial charge in [0.15, 0.2) is 5.82 Å². The second-order valence-corrected chi connectivity index (χ2v) is 7.35. The van der Waals surface area contributed by atoms with E-state index in [1.807, 2.05) is 27.7 Å². The highest BCUT2D eigenvalue weighted by Crippen LogP contribution is 2.25. The molecule has 1 aromatic heterocycles. The Balaban J connectivity index is 2.08. The zero-order valence-corrected chi connectivity index (χ0v) is 15.7. The molecule has 24 heavy (non-hydrogen) atoms. The molecule has 7 heteroatoms. The number of nitrogen functional groups attached to an aromatic ring is 1. The van der Waals surface area contributed by atoms with E-state index in [4.69, 9.17) is 5.84 Å². The van der Waals surface area contributed by atoms with Crippen molar-refractivity contribution in [3.8, 4) is 0 Å². The predicted octanol–water partition coefficient (Wildman–Crippen LogP) is 2.99. The summed E-state index contributed by atoms with van der Waals surface area (Å²) in [6.45, 7) is 9.95. The summed E-state index contributed by atoms with van der Waals surface area (Å²) >= 11 is 1.31. The van der Waals surface area contributed by atoms with E-state index in [1.54, 1.807) is 0 Å². The van der Waals surface area contributed by atoms with E-state index in [9.17, 15) is 4.79 Å². The summed E-state index contributed by atoms with van der Waals surface area (Å²) in [6.07, 6.45) is 1.72. The Labute approximate surface area is 147 Å². The second-order valence-electron chi connectivity index (χ2n) is 6.04. The molecule has 0 fully saturated rings. The molecule has 0 bridgehead atoms. The van der Waals surface area contributed by atoms with Crippen molar-refractivity contribution in [3.63, 3.8) is 0 Å². The third-order valence-corrected chi connectivity index (χ3v) is 4.84. The number of rotatable bonds is 6. The van der Waals surface area contributed by atoms with Gasteiger partial charge in [0.1, 0.15) is 0 Å². The molecular weight excluding hydrogens is 322 g/mol. The van der Waals surface area contributed by atoms with Crippen LogP contribution in [0.1, 0.15) is 42.8 Å². The number of carbonyl (C=O) groups is 1. The highest BCUT2D eigenvalue weighted by molar-refractivity contribution is 8.00. The summed E-state index contributed by atoms with van der Waals surface area (Å²) in [5.74, 6) is 6.65. The molecule has 0 aliphatic heterocycles. The van der Waals surface area contributed by atoms with Crippen molar-refractivity contribution in [1.82, 2.24) is 14.9 Å². The van der Waals surface area contributed by atoms with Crippen molar-refractivity contribution in [2.75, 3.05) is 11.2 Å². The Bertz CT molecular complexity index is 718. The van der Waals surface area contributed by atoms with Crippen LogP contribution in [0.2, 0.25) is 0 Å². The van der Waals surface area contributed by atoms with Crippen LogP contribution < -0.4 is 11.2 Å². The van der Waals surface area contributed by atoms with Crippen LogP contribution in [0.4, 0.5) is 5.69 Å². The number of hydrogen-bond acceptors (Lipinski definition) is 5. The van der Waals surface area contributed by atoms with E-state index >= 15 is 0 Å². The molecule has 2 rings (SSSR count). The van der Waals surface area contributed by atoms with Gasteiger partial charge in [0.2, 0.25) is 11.1 Å². The molecule has 1 atom stereocenters. The SMILES string of the molecule is CCCc1nnc(S[C@H](C)C(=O)Nc2c(C)cc(C)cc2C)n1N. The number of aromatic nitrogens is 3. The summed E-state index contributed by atoms with van der Waals surface area (Å²) in [5, 5.41) is 11.4. The van der Waals surface area contributed by atoms with Crippen molar-refractivity contribution in [1.29, 1.82) is 0 Å². The number of anilines is 1. The molecule has 6 nitrogen and oxygen atoms in total. The lowest BCUT2D eigenvalue weighted by Crippen LogP contribution is -2.24. The molecule has 0 saturated heterocycles. The number of carbonyl (C=O) groups excluding carboxylic acids is 1. The summed E-state index contributed by atoms with van der Waals surface area (Å²) in [6, 6.07) is 4.13. The topological polar surface area (TPSA) is 85.8 Å². The number of nitrogens with two attached hydrogens (primary N) is 1. The van der Waals surface area contributed by atoms with Crippen LogP contribution in [0.3, 0.4) is 0 Å². The van der Waals surface area contributed by atoms with Gasteiger partial charge in [-0.15, -0.1) is 10.2 Å². The van der Waals surface area contributed by atoms with Crippen LogP contribution in [0.25, 0.3) is 0 Å².